The quantitative estimate of drug-likeness (QED) is 0.825. The summed E-state index contributed by atoms with van der Waals surface area (Å²) in [4.78, 5) is 15.4. The molecule has 2 bridgehead atoms. The van der Waals surface area contributed by atoms with E-state index in [1.54, 1.807) is 36.4 Å². The predicted molar refractivity (Wildman–Crippen MR) is 96.6 cm³/mol. The minimum Gasteiger partial charge on any atom is -0.508 e. The van der Waals surface area contributed by atoms with Crippen LogP contribution in [0.4, 0.5) is 0 Å². The molecule has 2 aromatic rings. The molecule has 5 heteroatoms. The molecule has 0 radical (unpaired) electrons. The van der Waals surface area contributed by atoms with Gasteiger partial charge in [-0.3, -0.25) is 4.90 Å². The molecule has 0 aliphatic carbocycles. The highest BCUT2D eigenvalue weighted by atomic mass is 16.6. The molecular weight excluding hydrogens is 330 g/mol. The Labute approximate surface area is 152 Å². The maximum atomic E-state index is 13.1. The van der Waals surface area contributed by atoms with Crippen LogP contribution in [0.15, 0.2) is 54.6 Å². The Morgan fingerprint density at radius 3 is 2.35 bits per heavy atom. The Morgan fingerprint density at radius 2 is 1.73 bits per heavy atom. The first-order valence-corrected chi connectivity index (χ1v) is 9.08. The first-order valence-electron chi connectivity index (χ1n) is 9.08. The van der Waals surface area contributed by atoms with Crippen LogP contribution in [0.2, 0.25) is 0 Å². The van der Waals surface area contributed by atoms with E-state index in [-0.39, 0.29) is 11.9 Å². The largest absolute Gasteiger partial charge is 0.508 e. The van der Waals surface area contributed by atoms with Gasteiger partial charge in [-0.1, -0.05) is 42.5 Å². The number of ether oxygens (including phenoxy) is 1. The summed E-state index contributed by atoms with van der Waals surface area (Å²) in [7, 11) is 0. The second-order valence-electron chi connectivity index (χ2n) is 7.21. The van der Waals surface area contributed by atoms with E-state index < -0.39 is 11.6 Å². The van der Waals surface area contributed by atoms with Crippen molar-refractivity contribution >= 4 is 5.97 Å². The molecule has 3 aliphatic rings. The second-order valence-corrected chi connectivity index (χ2v) is 7.21. The lowest BCUT2D eigenvalue weighted by Gasteiger charge is -2.44. The summed E-state index contributed by atoms with van der Waals surface area (Å²) < 4.78 is 5.83. The van der Waals surface area contributed by atoms with Crippen molar-refractivity contribution in [1.82, 2.24) is 4.90 Å². The summed E-state index contributed by atoms with van der Waals surface area (Å²) in [5, 5.41) is 21.3. The highest BCUT2D eigenvalue weighted by molar-refractivity contribution is 5.85. The van der Waals surface area contributed by atoms with Gasteiger partial charge in [-0.2, -0.15) is 0 Å². The number of benzene rings is 2. The predicted octanol–water partition coefficient (Wildman–Crippen LogP) is 2.27. The zero-order valence-corrected chi connectivity index (χ0v) is 14.5. The summed E-state index contributed by atoms with van der Waals surface area (Å²) in [5.41, 5.74) is -1.22. The first-order chi connectivity index (χ1) is 12.6. The van der Waals surface area contributed by atoms with E-state index in [1.807, 2.05) is 6.07 Å². The molecule has 3 fully saturated rings. The van der Waals surface area contributed by atoms with E-state index in [0.717, 1.165) is 32.5 Å². The fourth-order valence-corrected chi connectivity index (χ4v) is 4.08. The van der Waals surface area contributed by atoms with Gasteiger partial charge in [0, 0.05) is 12.1 Å². The van der Waals surface area contributed by atoms with E-state index >= 15 is 0 Å². The zero-order valence-electron chi connectivity index (χ0n) is 14.5. The SMILES string of the molecule is O=C(O[C@H]1CN2CCC1CC2)[C@@](O)(c1ccccc1)c1cccc(O)c1. The van der Waals surface area contributed by atoms with Crippen molar-refractivity contribution in [3.05, 3.63) is 65.7 Å². The van der Waals surface area contributed by atoms with Crippen LogP contribution in [-0.4, -0.2) is 46.8 Å². The van der Waals surface area contributed by atoms with Gasteiger partial charge in [-0.25, -0.2) is 4.79 Å². The van der Waals surface area contributed by atoms with Crippen molar-refractivity contribution in [3.8, 4) is 5.75 Å². The number of phenolic OH excluding ortho intramolecular Hbond substituents is 1. The molecule has 3 heterocycles. The molecular formula is C21H23NO4. The van der Waals surface area contributed by atoms with Crippen LogP contribution >= 0.6 is 0 Å². The first kappa shape index (κ1) is 17.1. The van der Waals surface area contributed by atoms with E-state index in [2.05, 4.69) is 4.90 Å². The molecule has 136 valence electrons. The summed E-state index contributed by atoms with van der Waals surface area (Å²) in [6.45, 7) is 2.82. The third-order valence-electron chi connectivity index (χ3n) is 5.61. The van der Waals surface area contributed by atoms with Gasteiger partial charge in [0.2, 0.25) is 5.60 Å². The molecule has 5 nitrogen and oxygen atoms in total. The van der Waals surface area contributed by atoms with E-state index in [1.165, 1.54) is 12.1 Å². The topological polar surface area (TPSA) is 70.0 Å². The summed E-state index contributed by atoms with van der Waals surface area (Å²) in [5.74, 6) is -0.339. The molecule has 0 amide bonds. The number of esters is 1. The standard InChI is InChI=1S/C21H23NO4/c23-18-8-4-7-17(13-18)21(25,16-5-2-1-3-6-16)20(24)26-19-14-22-11-9-15(19)10-12-22/h1-8,13,15,19,23,25H,9-12,14H2/t19-,21+/m0/s1. The van der Waals surface area contributed by atoms with Gasteiger partial charge < -0.3 is 14.9 Å². The van der Waals surface area contributed by atoms with E-state index in [4.69, 9.17) is 4.74 Å². The van der Waals surface area contributed by atoms with Crippen LogP contribution in [-0.2, 0) is 15.1 Å². The fourth-order valence-electron chi connectivity index (χ4n) is 4.08. The van der Waals surface area contributed by atoms with Crippen LogP contribution in [0.1, 0.15) is 24.0 Å². The highest BCUT2D eigenvalue weighted by Gasteiger charge is 2.45. The molecule has 26 heavy (non-hydrogen) atoms. The van der Waals surface area contributed by atoms with Crippen molar-refractivity contribution in [3.63, 3.8) is 0 Å². The average molecular weight is 353 g/mol. The van der Waals surface area contributed by atoms with Crippen molar-refractivity contribution in [2.45, 2.75) is 24.5 Å². The normalized spacial score (nSPS) is 26.9. The highest BCUT2D eigenvalue weighted by Crippen LogP contribution is 2.36. The zero-order chi connectivity index (χ0) is 18.1. The molecule has 0 unspecified atom stereocenters. The number of piperidine rings is 3. The molecule has 3 saturated heterocycles. The van der Waals surface area contributed by atoms with Crippen molar-refractivity contribution in [2.24, 2.45) is 5.92 Å². The number of nitrogens with zero attached hydrogens (tertiary/aromatic N) is 1. The second kappa shape index (κ2) is 6.74. The van der Waals surface area contributed by atoms with Gasteiger partial charge in [0.25, 0.3) is 0 Å². The number of phenols is 1. The van der Waals surface area contributed by atoms with Gasteiger partial charge in [0.05, 0.1) is 0 Å². The number of aliphatic hydroxyl groups is 1. The van der Waals surface area contributed by atoms with Gasteiger partial charge >= 0.3 is 5.97 Å². The van der Waals surface area contributed by atoms with Gasteiger partial charge in [-0.15, -0.1) is 0 Å². The van der Waals surface area contributed by atoms with Crippen molar-refractivity contribution in [2.75, 3.05) is 19.6 Å². The number of hydrogen-bond acceptors (Lipinski definition) is 5. The molecule has 5 rings (SSSR count). The Hall–Kier alpha value is -2.37. The smallest absolute Gasteiger partial charge is 0.348 e. The Kier molecular flexibility index (Phi) is 4.42. The Morgan fingerprint density at radius 1 is 1.04 bits per heavy atom. The number of carbonyl (C=O) groups is 1. The molecule has 0 aromatic heterocycles. The minimum atomic E-state index is -1.95. The van der Waals surface area contributed by atoms with Gasteiger partial charge in [0.15, 0.2) is 0 Å². The van der Waals surface area contributed by atoms with Crippen LogP contribution in [0, 0.1) is 5.92 Å². The van der Waals surface area contributed by atoms with Crippen molar-refractivity contribution in [1.29, 1.82) is 0 Å². The van der Waals surface area contributed by atoms with E-state index in [0.29, 0.717) is 17.0 Å². The van der Waals surface area contributed by atoms with E-state index in [9.17, 15) is 15.0 Å². The third kappa shape index (κ3) is 2.97. The lowest BCUT2D eigenvalue weighted by molar-refractivity contribution is -0.177. The third-order valence-corrected chi connectivity index (χ3v) is 5.61. The monoisotopic (exact) mass is 353 g/mol. The van der Waals surface area contributed by atoms with Crippen LogP contribution in [0.25, 0.3) is 0 Å². The lowest BCUT2D eigenvalue weighted by atomic mass is 9.84. The minimum absolute atomic E-state index is 0.00695. The maximum Gasteiger partial charge on any atom is 0.348 e. The number of fused-ring (bicyclic) bond motifs is 3. The molecule has 2 aromatic carbocycles. The van der Waals surface area contributed by atoms with Crippen LogP contribution in [0.5, 0.6) is 5.75 Å². The lowest BCUT2D eigenvalue weighted by Crippen LogP contribution is -2.53. The molecule has 0 saturated carbocycles. The number of carbonyl (C=O) groups excluding carboxylic acids is 1. The van der Waals surface area contributed by atoms with Crippen LogP contribution < -0.4 is 0 Å². The number of hydrogen-bond donors (Lipinski definition) is 2. The Bertz CT molecular complexity index is 786. The van der Waals surface area contributed by atoms with Crippen molar-refractivity contribution < 1.29 is 19.7 Å². The van der Waals surface area contributed by atoms with Gasteiger partial charge in [-0.05, 0) is 49.5 Å². The summed E-state index contributed by atoms with van der Waals surface area (Å²) >= 11 is 0. The number of aromatic hydroxyl groups is 1. The molecule has 0 spiro atoms. The average Bonchev–Trinajstić information content (AvgIpc) is 2.69. The molecule has 2 N–H and O–H groups in total. The van der Waals surface area contributed by atoms with Crippen LogP contribution in [0.3, 0.4) is 0 Å². The fraction of sp³-hybridized carbons (Fsp3) is 0.381. The molecule has 3 aliphatic heterocycles. The maximum absolute atomic E-state index is 13.1. The molecule has 2 atom stereocenters. The number of rotatable bonds is 4. The summed E-state index contributed by atoms with van der Waals surface area (Å²) in [6.07, 6.45) is 1.85. The summed E-state index contributed by atoms with van der Waals surface area (Å²) in [6, 6.07) is 14.9. The Balaban J connectivity index is 1.68. The van der Waals surface area contributed by atoms with Gasteiger partial charge in [0.1, 0.15) is 11.9 Å².